The highest BCUT2D eigenvalue weighted by Gasteiger charge is 2.04. The van der Waals surface area contributed by atoms with Crippen LogP contribution in [0.15, 0.2) is 47.6 Å². The summed E-state index contributed by atoms with van der Waals surface area (Å²) >= 11 is 12.2. The molecule has 2 rings (SSSR count). The fourth-order valence-corrected chi connectivity index (χ4v) is 2.42. The van der Waals surface area contributed by atoms with Gasteiger partial charge in [0, 0.05) is 21.2 Å². The van der Waals surface area contributed by atoms with Crippen LogP contribution in [0.5, 0.6) is 5.75 Å². The summed E-state index contributed by atoms with van der Waals surface area (Å²) in [6.07, 6.45) is 1.84. The van der Waals surface area contributed by atoms with Crippen LogP contribution in [-0.2, 0) is 6.54 Å². The second-order valence-corrected chi connectivity index (χ2v) is 5.81. The lowest BCUT2D eigenvalue weighted by molar-refractivity contribution is 0.242. The largest absolute Gasteiger partial charge is 0.490 e. The van der Waals surface area contributed by atoms with Gasteiger partial charge in [0.15, 0.2) is 0 Å². The summed E-state index contributed by atoms with van der Waals surface area (Å²) in [5.41, 5.74) is 4.70. The van der Waals surface area contributed by atoms with Crippen LogP contribution in [0.2, 0.25) is 10.0 Å². The number of hydrogen-bond donors (Lipinski definition) is 1. The molecule has 0 unspecified atom stereocenters. The minimum Gasteiger partial charge on any atom is -0.490 e. The summed E-state index contributed by atoms with van der Waals surface area (Å²) in [5, 5.41) is 5.46. The van der Waals surface area contributed by atoms with Crippen molar-refractivity contribution in [2.75, 3.05) is 0 Å². The highest BCUT2D eigenvalue weighted by Crippen LogP contribution is 2.23. The standard InChI is InChI=1S/C17H18Cl2N2O/c1-12(2)22-17-9-4-3-6-13(17)10-20-21-11-14-15(18)7-5-8-16(14)19/h3-10,12,21H,11H2,1-2H3/b20-10+. The zero-order valence-corrected chi connectivity index (χ0v) is 14.0. The summed E-state index contributed by atoms with van der Waals surface area (Å²) in [5.74, 6) is 0.804. The summed E-state index contributed by atoms with van der Waals surface area (Å²) in [4.78, 5) is 0. The van der Waals surface area contributed by atoms with Gasteiger partial charge in [0.25, 0.3) is 0 Å². The molecule has 0 fully saturated rings. The molecule has 22 heavy (non-hydrogen) atoms. The van der Waals surface area contributed by atoms with Crippen LogP contribution in [0.4, 0.5) is 0 Å². The molecule has 0 aliphatic heterocycles. The van der Waals surface area contributed by atoms with E-state index >= 15 is 0 Å². The van der Waals surface area contributed by atoms with Crippen LogP contribution in [0, 0.1) is 0 Å². The predicted octanol–water partition coefficient (Wildman–Crippen LogP) is 4.90. The Balaban J connectivity index is 2.01. The van der Waals surface area contributed by atoms with Crippen LogP contribution >= 0.6 is 23.2 Å². The number of para-hydroxylation sites is 1. The smallest absolute Gasteiger partial charge is 0.128 e. The van der Waals surface area contributed by atoms with E-state index in [0.717, 1.165) is 16.9 Å². The fourth-order valence-electron chi connectivity index (χ4n) is 1.89. The number of hydrazone groups is 1. The van der Waals surface area contributed by atoms with Crippen LogP contribution in [0.1, 0.15) is 25.0 Å². The van der Waals surface area contributed by atoms with E-state index < -0.39 is 0 Å². The third-order valence-electron chi connectivity index (χ3n) is 2.89. The van der Waals surface area contributed by atoms with Crippen LogP contribution < -0.4 is 10.2 Å². The summed E-state index contributed by atoms with van der Waals surface area (Å²) < 4.78 is 5.74. The van der Waals surface area contributed by atoms with Crippen molar-refractivity contribution < 1.29 is 4.74 Å². The molecule has 116 valence electrons. The molecule has 0 saturated heterocycles. The van der Waals surface area contributed by atoms with Crippen molar-refractivity contribution in [3.05, 3.63) is 63.6 Å². The molecule has 0 aliphatic rings. The summed E-state index contributed by atoms with van der Waals surface area (Å²) in [6, 6.07) is 13.2. The minimum absolute atomic E-state index is 0.115. The van der Waals surface area contributed by atoms with Crippen molar-refractivity contribution in [2.45, 2.75) is 26.5 Å². The Morgan fingerprint density at radius 2 is 1.77 bits per heavy atom. The van der Waals surface area contributed by atoms with Gasteiger partial charge in [0.1, 0.15) is 5.75 Å². The van der Waals surface area contributed by atoms with E-state index in [0.29, 0.717) is 16.6 Å². The molecule has 1 N–H and O–H groups in total. The Morgan fingerprint density at radius 3 is 2.45 bits per heavy atom. The van der Waals surface area contributed by atoms with E-state index in [4.69, 9.17) is 27.9 Å². The topological polar surface area (TPSA) is 33.6 Å². The zero-order valence-electron chi connectivity index (χ0n) is 12.5. The molecule has 0 bridgehead atoms. The Labute approximate surface area is 140 Å². The molecule has 2 aromatic carbocycles. The molecule has 0 amide bonds. The van der Waals surface area contributed by atoms with Gasteiger partial charge in [-0.25, -0.2) is 0 Å². The van der Waals surface area contributed by atoms with Gasteiger partial charge in [-0.1, -0.05) is 41.4 Å². The molecule has 3 nitrogen and oxygen atoms in total. The van der Waals surface area contributed by atoms with Crippen molar-refractivity contribution in [3.8, 4) is 5.75 Å². The van der Waals surface area contributed by atoms with Crippen molar-refractivity contribution in [1.29, 1.82) is 0 Å². The number of halogens is 2. The maximum atomic E-state index is 6.11. The molecule has 0 heterocycles. The molecule has 0 radical (unpaired) electrons. The van der Waals surface area contributed by atoms with Crippen molar-refractivity contribution in [2.24, 2.45) is 5.10 Å². The quantitative estimate of drug-likeness (QED) is 0.601. The zero-order chi connectivity index (χ0) is 15.9. The molecule has 2 aromatic rings. The normalized spacial score (nSPS) is 11.1. The number of ether oxygens (including phenoxy) is 1. The van der Waals surface area contributed by atoms with E-state index in [-0.39, 0.29) is 6.10 Å². The number of hydrogen-bond acceptors (Lipinski definition) is 3. The molecule has 0 atom stereocenters. The first-order valence-corrected chi connectivity index (χ1v) is 7.78. The van der Waals surface area contributed by atoms with Crippen LogP contribution in [0.25, 0.3) is 0 Å². The first-order chi connectivity index (χ1) is 10.6. The Morgan fingerprint density at radius 1 is 1.09 bits per heavy atom. The molecule has 0 aromatic heterocycles. The Bertz CT molecular complexity index is 637. The third-order valence-corrected chi connectivity index (χ3v) is 3.60. The third kappa shape index (κ3) is 4.65. The second-order valence-electron chi connectivity index (χ2n) is 5.00. The van der Waals surface area contributed by atoms with Gasteiger partial charge in [-0.3, -0.25) is 0 Å². The summed E-state index contributed by atoms with van der Waals surface area (Å²) in [7, 11) is 0. The molecular formula is C17H18Cl2N2O. The van der Waals surface area contributed by atoms with E-state index in [9.17, 15) is 0 Å². The number of nitrogens with one attached hydrogen (secondary N) is 1. The minimum atomic E-state index is 0.115. The number of benzene rings is 2. The van der Waals surface area contributed by atoms with Gasteiger partial charge in [-0.2, -0.15) is 5.10 Å². The van der Waals surface area contributed by atoms with Crippen molar-refractivity contribution in [3.63, 3.8) is 0 Å². The highest BCUT2D eigenvalue weighted by molar-refractivity contribution is 6.35. The first kappa shape index (κ1) is 16.7. The lowest BCUT2D eigenvalue weighted by atomic mass is 10.2. The monoisotopic (exact) mass is 336 g/mol. The van der Waals surface area contributed by atoms with Gasteiger partial charge in [-0.05, 0) is 38.1 Å². The number of nitrogens with zero attached hydrogens (tertiary/aromatic N) is 1. The second kappa shape index (κ2) is 8.06. The van der Waals surface area contributed by atoms with Crippen molar-refractivity contribution in [1.82, 2.24) is 5.43 Å². The fraction of sp³-hybridized carbons (Fsp3) is 0.235. The van der Waals surface area contributed by atoms with Crippen LogP contribution in [0.3, 0.4) is 0 Å². The Hall–Kier alpha value is -1.71. The molecular weight excluding hydrogens is 319 g/mol. The molecule has 0 spiro atoms. The van der Waals surface area contributed by atoms with Crippen molar-refractivity contribution >= 4 is 29.4 Å². The lowest BCUT2D eigenvalue weighted by Crippen LogP contribution is -2.09. The van der Waals surface area contributed by atoms with Gasteiger partial charge in [0.05, 0.1) is 18.9 Å². The Kier molecular flexibility index (Phi) is 6.10. The van der Waals surface area contributed by atoms with E-state index in [1.54, 1.807) is 18.3 Å². The molecule has 0 aliphatic carbocycles. The first-order valence-electron chi connectivity index (χ1n) is 7.02. The van der Waals surface area contributed by atoms with E-state index in [1.165, 1.54) is 0 Å². The lowest BCUT2D eigenvalue weighted by Gasteiger charge is -2.11. The van der Waals surface area contributed by atoms with Crippen LogP contribution in [-0.4, -0.2) is 12.3 Å². The average molecular weight is 337 g/mol. The highest BCUT2D eigenvalue weighted by atomic mass is 35.5. The maximum absolute atomic E-state index is 6.11. The number of rotatable bonds is 6. The SMILES string of the molecule is CC(C)Oc1ccccc1/C=N/NCc1c(Cl)cccc1Cl. The van der Waals surface area contributed by atoms with Gasteiger partial charge in [-0.15, -0.1) is 0 Å². The van der Waals surface area contributed by atoms with Gasteiger partial charge < -0.3 is 10.2 Å². The van der Waals surface area contributed by atoms with E-state index in [2.05, 4.69) is 10.5 Å². The average Bonchev–Trinajstić information content (AvgIpc) is 2.47. The summed E-state index contributed by atoms with van der Waals surface area (Å²) in [6.45, 7) is 4.44. The predicted molar refractivity (Wildman–Crippen MR) is 93.1 cm³/mol. The molecule has 0 saturated carbocycles. The van der Waals surface area contributed by atoms with Gasteiger partial charge >= 0.3 is 0 Å². The van der Waals surface area contributed by atoms with Gasteiger partial charge in [0.2, 0.25) is 0 Å². The maximum Gasteiger partial charge on any atom is 0.128 e. The van der Waals surface area contributed by atoms with E-state index in [1.807, 2.05) is 44.2 Å². The molecule has 5 heteroatoms.